The average molecular weight is 208 g/mol. The number of nitrogens with two attached hydrogens (primary N) is 1. The first-order chi connectivity index (χ1) is 7.00. The van der Waals surface area contributed by atoms with Crippen LogP contribution in [0.15, 0.2) is 18.3 Å². The number of pyridine rings is 1. The number of nitrogens with zero attached hydrogens (tertiary/aromatic N) is 1. The molecule has 3 N–H and O–H groups in total. The van der Waals surface area contributed by atoms with E-state index in [4.69, 9.17) is 5.73 Å². The summed E-state index contributed by atoms with van der Waals surface area (Å²) in [5, 5.41) is 9.23. The Morgan fingerprint density at radius 1 is 1.53 bits per heavy atom. The molecule has 4 nitrogen and oxygen atoms in total. The zero-order valence-electron chi connectivity index (χ0n) is 8.97. The fraction of sp³-hybridized carbons (Fsp3) is 0.455. The number of aliphatic hydroxyl groups excluding tert-OH is 1. The molecule has 0 aliphatic rings. The highest BCUT2D eigenvalue weighted by molar-refractivity contribution is 5.90. The van der Waals surface area contributed by atoms with Crippen LogP contribution in [0.5, 0.6) is 0 Å². The van der Waals surface area contributed by atoms with E-state index < -0.39 is 5.91 Å². The van der Waals surface area contributed by atoms with E-state index in [1.807, 2.05) is 13.0 Å². The lowest BCUT2D eigenvalue weighted by Gasteiger charge is -2.13. The predicted octanol–water partition coefficient (Wildman–Crippen LogP) is 1.05. The molecule has 0 aliphatic heterocycles. The van der Waals surface area contributed by atoms with Gasteiger partial charge in [-0.3, -0.25) is 9.78 Å². The van der Waals surface area contributed by atoms with Crippen molar-refractivity contribution in [3.8, 4) is 0 Å². The Balaban J connectivity index is 2.75. The van der Waals surface area contributed by atoms with Gasteiger partial charge >= 0.3 is 0 Å². The monoisotopic (exact) mass is 208 g/mol. The molecule has 1 aromatic heterocycles. The van der Waals surface area contributed by atoms with Crippen molar-refractivity contribution in [1.29, 1.82) is 0 Å². The molecule has 82 valence electrons. The molecular weight excluding hydrogens is 192 g/mol. The van der Waals surface area contributed by atoms with E-state index in [1.54, 1.807) is 19.2 Å². The topological polar surface area (TPSA) is 76.2 Å². The van der Waals surface area contributed by atoms with E-state index in [0.29, 0.717) is 6.42 Å². The minimum absolute atomic E-state index is 0.222. The van der Waals surface area contributed by atoms with Gasteiger partial charge in [0.2, 0.25) is 0 Å². The van der Waals surface area contributed by atoms with Crippen LogP contribution in [-0.2, 0) is 0 Å². The van der Waals surface area contributed by atoms with Crippen LogP contribution in [0.25, 0.3) is 0 Å². The van der Waals surface area contributed by atoms with Gasteiger partial charge in [0.05, 0.1) is 6.10 Å². The van der Waals surface area contributed by atoms with Crippen LogP contribution in [0.4, 0.5) is 0 Å². The maximum absolute atomic E-state index is 10.8. The van der Waals surface area contributed by atoms with Crippen molar-refractivity contribution in [2.45, 2.75) is 32.3 Å². The second-order valence-electron chi connectivity index (χ2n) is 3.83. The van der Waals surface area contributed by atoms with Gasteiger partial charge in [0.25, 0.3) is 5.91 Å². The Labute approximate surface area is 89.1 Å². The highest BCUT2D eigenvalue weighted by Crippen LogP contribution is 2.19. The number of hydrogen-bond acceptors (Lipinski definition) is 3. The number of aromatic nitrogens is 1. The standard InChI is InChI=1S/C11H16N2O2/c1-7(5-8(2)14)9-3-4-10(11(12)15)13-6-9/h3-4,6-8,14H,5H2,1-2H3,(H2,12,15). The first-order valence-corrected chi connectivity index (χ1v) is 4.94. The summed E-state index contributed by atoms with van der Waals surface area (Å²) in [6.07, 6.45) is 1.97. The summed E-state index contributed by atoms with van der Waals surface area (Å²) in [5.41, 5.74) is 6.35. The molecule has 2 atom stereocenters. The van der Waals surface area contributed by atoms with Crippen molar-refractivity contribution < 1.29 is 9.90 Å². The summed E-state index contributed by atoms with van der Waals surface area (Å²) in [6, 6.07) is 3.43. The molecule has 1 rings (SSSR count). The summed E-state index contributed by atoms with van der Waals surface area (Å²) in [7, 11) is 0. The minimum Gasteiger partial charge on any atom is -0.393 e. The quantitative estimate of drug-likeness (QED) is 0.776. The Hall–Kier alpha value is -1.42. The van der Waals surface area contributed by atoms with Crippen LogP contribution in [0.1, 0.15) is 42.2 Å². The SMILES string of the molecule is CC(O)CC(C)c1ccc(C(N)=O)nc1. The Morgan fingerprint density at radius 2 is 2.20 bits per heavy atom. The number of carbonyl (C=O) groups is 1. The second-order valence-corrected chi connectivity index (χ2v) is 3.83. The van der Waals surface area contributed by atoms with Crippen LogP contribution >= 0.6 is 0 Å². The molecule has 1 amide bonds. The van der Waals surface area contributed by atoms with Crippen LogP contribution in [-0.4, -0.2) is 22.1 Å². The maximum Gasteiger partial charge on any atom is 0.267 e. The number of carbonyl (C=O) groups excluding carboxylic acids is 1. The number of aliphatic hydroxyl groups is 1. The summed E-state index contributed by atoms with van der Waals surface area (Å²) in [5.74, 6) is -0.302. The van der Waals surface area contributed by atoms with Crippen LogP contribution in [0.3, 0.4) is 0 Å². The molecule has 2 unspecified atom stereocenters. The smallest absolute Gasteiger partial charge is 0.267 e. The number of rotatable bonds is 4. The average Bonchev–Trinajstić information content (AvgIpc) is 2.17. The highest BCUT2D eigenvalue weighted by Gasteiger charge is 2.10. The van der Waals surface area contributed by atoms with Gasteiger partial charge in [0.15, 0.2) is 0 Å². The molecule has 0 aliphatic carbocycles. The van der Waals surface area contributed by atoms with Gasteiger partial charge < -0.3 is 10.8 Å². The van der Waals surface area contributed by atoms with E-state index in [9.17, 15) is 9.90 Å². The lowest BCUT2D eigenvalue weighted by atomic mass is 9.97. The molecule has 4 heteroatoms. The fourth-order valence-electron chi connectivity index (χ4n) is 1.49. The van der Waals surface area contributed by atoms with Gasteiger partial charge in [-0.25, -0.2) is 0 Å². The zero-order valence-corrected chi connectivity index (χ0v) is 8.97. The van der Waals surface area contributed by atoms with E-state index in [1.165, 1.54) is 0 Å². The third-order valence-electron chi connectivity index (χ3n) is 2.30. The molecule has 0 radical (unpaired) electrons. The molecule has 1 heterocycles. The van der Waals surface area contributed by atoms with Crippen molar-refractivity contribution in [1.82, 2.24) is 4.98 Å². The number of primary amides is 1. The Morgan fingerprint density at radius 3 is 2.60 bits per heavy atom. The molecule has 1 aromatic rings. The third-order valence-corrected chi connectivity index (χ3v) is 2.30. The second kappa shape index (κ2) is 4.89. The van der Waals surface area contributed by atoms with Crippen molar-refractivity contribution in [3.05, 3.63) is 29.6 Å². The lowest BCUT2D eigenvalue weighted by molar-refractivity contribution is 0.0995. The molecule has 0 saturated heterocycles. The van der Waals surface area contributed by atoms with Crippen molar-refractivity contribution in [3.63, 3.8) is 0 Å². The van der Waals surface area contributed by atoms with Gasteiger partial charge in [-0.05, 0) is 30.9 Å². The zero-order chi connectivity index (χ0) is 11.4. The van der Waals surface area contributed by atoms with Gasteiger partial charge in [0.1, 0.15) is 5.69 Å². The van der Waals surface area contributed by atoms with Crippen molar-refractivity contribution in [2.75, 3.05) is 0 Å². The van der Waals surface area contributed by atoms with Gasteiger partial charge in [-0.2, -0.15) is 0 Å². The van der Waals surface area contributed by atoms with Crippen LogP contribution in [0.2, 0.25) is 0 Å². The van der Waals surface area contributed by atoms with E-state index in [2.05, 4.69) is 4.98 Å². The van der Waals surface area contributed by atoms with E-state index >= 15 is 0 Å². The van der Waals surface area contributed by atoms with Gasteiger partial charge in [-0.1, -0.05) is 13.0 Å². The molecule has 0 fully saturated rings. The molecule has 0 aromatic carbocycles. The third kappa shape index (κ3) is 3.32. The number of amides is 1. The predicted molar refractivity (Wildman–Crippen MR) is 57.5 cm³/mol. The summed E-state index contributed by atoms with van der Waals surface area (Å²) in [4.78, 5) is 14.7. The largest absolute Gasteiger partial charge is 0.393 e. The highest BCUT2D eigenvalue weighted by atomic mass is 16.3. The molecular formula is C11H16N2O2. The number of hydrogen-bond donors (Lipinski definition) is 2. The lowest BCUT2D eigenvalue weighted by Crippen LogP contribution is -2.13. The molecule has 0 bridgehead atoms. The van der Waals surface area contributed by atoms with Crippen molar-refractivity contribution in [2.24, 2.45) is 5.73 Å². The van der Waals surface area contributed by atoms with E-state index in [-0.39, 0.29) is 17.7 Å². The molecule has 0 saturated carbocycles. The fourth-order valence-corrected chi connectivity index (χ4v) is 1.49. The van der Waals surface area contributed by atoms with Crippen LogP contribution < -0.4 is 5.73 Å². The minimum atomic E-state index is -0.523. The Kier molecular flexibility index (Phi) is 3.80. The molecule has 15 heavy (non-hydrogen) atoms. The maximum atomic E-state index is 10.8. The van der Waals surface area contributed by atoms with Crippen LogP contribution in [0, 0.1) is 0 Å². The van der Waals surface area contributed by atoms with Crippen molar-refractivity contribution >= 4 is 5.91 Å². The van der Waals surface area contributed by atoms with E-state index in [0.717, 1.165) is 5.56 Å². The first kappa shape index (κ1) is 11.7. The van der Waals surface area contributed by atoms with Gasteiger partial charge in [-0.15, -0.1) is 0 Å². The van der Waals surface area contributed by atoms with Gasteiger partial charge in [0, 0.05) is 6.20 Å². The summed E-state index contributed by atoms with van der Waals surface area (Å²) >= 11 is 0. The molecule has 0 spiro atoms. The summed E-state index contributed by atoms with van der Waals surface area (Å²) < 4.78 is 0. The Bertz CT molecular complexity index is 333. The first-order valence-electron chi connectivity index (χ1n) is 4.94. The summed E-state index contributed by atoms with van der Waals surface area (Å²) in [6.45, 7) is 3.76. The normalized spacial score (nSPS) is 14.6.